The van der Waals surface area contributed by atoms with Crippen LogP contribution in [0.2, 0.25) is 0 Å². The van der Waals surface area contributed by atoms with E-state index in [-0.39, 0.29) is 0 Å². The molecule has 0 aliphatic carbocycles. The molecule has 154 valence electrons. The SMILES string of the molecule is CCCN(Cc1ccccc1B(O)O)Cc1ccc2ccc3cccc4ccc1c2c34. The van der Waals surface area contributed by atoms with Gasteiger partial charge in [0.1, 0.15) is 0 Å². The van der Waals surface area contributed by atoms with Gasteiger partial charge in [-0.2, -0.15) is 0 Å². The van der Waals surface area contributed by atoms with Crippen molar-refractivity contribution in [3.05, 3.63) is 90.0 Å². The van der Waals surface area contributed by atoms with Crippen LogP contribution in [0.25, 0.3) is 32.3 Å². The van der Waals surface area contributed by atoms with Crippen molar-refractivity contribution in [2.75, 3.05) is 6.54 Å². The lowest BCUT2D eigenvalue weighted by molar-refractivity contribution is 0.258. The molecule has 5 aromatic carbocycles. The normalized spacial score (nSPS) is 11.9. The van der Waals surface area contributed by atoms with Crippen LogP contribution in [0.4, 0.5) is 0 Å². The van der Waals surface area contributed by atoms with Gasteiger partial charge in [-0.05, 0) is 61.9 Å². The topological polar surface area (TPSA) is 43.7 Å². The fourth-order valence-electron chi connectivity index (χ4n) is 4.88. The second-order valence-electron chi connectivity index (χ2n) is 8.36. The van der Waals surface area contributed by atoms with Gasteiger partial charge < -0.3 is 10.0 Å². The summed E-state index contributed by atoms with van der Waals surface area (Å²) in [6.07, 6.45) is 1.04. The molecule has 0 aliphatic rings. The van der Waals surface area contributed by atoms with Gasteiger partial charge in [0, 0.05) is 13.1 Å². The Labute approximate surface area is 183 Å². The molecule has 5 rings (SSSR count). The van der Waals surface area contributed by atoms with Crippen LogP contribution in [0.15, 0.2) is 78.9 Å². The monoisotopic (exact) mass is 407 g/mol. The fourth-order valence-corrected chi connectivity index (χ4v) is 4.88. The van der Waals surface area contributed by atoms with E-state index < -0.39 is 7.12 Å². The van der Waals surface area contributed by atoms with Gasteiger partial charge in [-0.3, -0.25) is 4.90 Å². The molecular weight excluding hydrogens is 381 g/mol. The third kappa shape index (κ3) is 3.68. The standard InChI is InChI=1S/C27H26BNO2/c1-2-16-29(18-23-6-3-4-9-25(23)28(30)31)17-22-13-12-21-11-10-19-7-5-8-20-14-15-24(22)27(21)26(19)20/h3-15,30-31H,2,16-18H2,1H3. The van der Waals surface area contributed by atoms with E-state index in [0.29, 0.717) is 12.0 Å². The van der Waals surface area contributed by atoms with Crippen molar-refractivity contribution in [3.63, 3.8) is 0 Å². The van der Waals surface area contributed by atoms with Crippen molar-refractivity contribution in [2.45, 2.75) is 26.4 Å². The lowest BCUT2D eigenvalue weighted by atomic mass is 9.77. The molecule has 0 heterocycles. The molecule has 0 spiro atoms. The molecule has 0 fully saturated rings. The summed E-state index contributed by atoms with van der Waals surface area (Å²) in [6.45, 7) is 4.63. The summed E-state index contributed by atoms with van der Waals surface area (Å²) < 4.78 is 0. The van der Waals surface area contributed by atoms with Gasteiger partial charge in [-0.15, -0.1) is 0 Å². The molecule has 0 aliphatic heterocycles. The minimum Gasteiger partial charge on any atom is -0.423 e. The van der Waals surface area contributed by atoms with Crippen LogP contribution < -0.4 is 5.46 Å². The van der Waals surface area contributed by atoms with Crippen LogP contribution in [-0.2, 0) is 13.1 Å². The minimum atomic E-state index is -1.45. The lowest BCUT2D eigenvalue weighted by Gasteiger charge is -2.24. The zero-order valence-electron chi connectivity index (χ0n) is 17.8. The molecule has 0 amide bonds. The first kappa shape index (κ1) is 20.0. The molecule has 0 saturated carbocycles. The Bertz CT molecular complexity index is 1330. The third-order valence-electron chi connectivity index (χ3n) is 6.28. The van der Waals surface area contributed by atoms with Crippen molar-refractivity contribution in [3.8, 4) is 0 Å². The minimum absolute atomic E-state index is 0.582. The van der Waals surface area contributed by atoms with E-state index in [1.54, 1.807) is 6.07 Å². The highest BCUT2D eigenvalue weighted by molar-refractivity contribution is 6.59. The van der Waals surface area contributed by atoms with Gasteiger partial charge in [0.05, 0.1) is 0 Å². The van der Waals surface area contributed by atoms with Crippen molar-refractivity contribution in [1.29, 1.82) is 0 Å². The zero-order valence-corrected chi connectivity index (χ0v) is 17.8. The van der Waals surface area contributed by atoms with Gasteiger partial charge in [0.15, 0.2) is 0 Å². The van der Waals surface area contributed by atoms with Crippen molar-refractivity contribution >= 4 is 44.9 Å². The average Bonchev–Trinajstić information content (AvgIpc) is 2.79. The van der Waals surface area contributed by atoms with Crippen LogP contribution in [-0.4, -0.2) is 28.6 Å². The molecule has 0 aromatic heterocycles. The van der Waals surface area contributed by atoms with E-state index in [9.17, 15) is 10.0 Å². The van der Waals surface area contributed by atoms with Gasteiger partial charge in [0.25, 0.3) is 0 Å². The lowest BCUT2D eigenvalue weighted by Crippen LogP contribution is -2.35. The van der Waals surface area contributed by atoms with E-state index in [1.165, 1.54) is 37.9 Å². The first-order valence-corrected chi connectivity index (χ1v) is 11.0. The summed E-state index contributed by atoms with van der Waals surface area (Å²) in [5.74, 6) is 0. The predicted molar refractivity (Wildman–Crippen MR) is 131 cm³/mol. The van der Waals surface area contributed by atoms with Crippen molar-refractivity contribution in [1.82, 2.24) is 4.90 Å². The Balaban J connectivity index is 1.56. The Kier molecular flexibility index (Phi) is 5.37. The second-order valence-corrected chi connectivity index (χ2v) is 8.36. The van der Waals surface area contributed by atoms with Gasteiger partial charge in [0.2, 0.25) is 0 Å². The Morgan fingerprint density at radius 3 is 2.06 bits per heavy atom. The molecule has 0 bridgehead atoms. The maximum Gasteiger partial charge on any atom is 0.488 e. The highest BCUT2D eigenvalue weighted by Crippen LogP contribution is 2.36. The van der Waals surface area contributed by atoms with E-state index in [2.05, 4.69) is 66.4 Å². The molecule has 0 unspecified atom stereocenters. The van der Waals surface area contributed by atoms with E-state index in [4.69, 9.17) is 0 Å². The molecule has 0 atom stereocenters. The van der Waals surface area contributed by atoms with Gasteiger partial charge in [-0.1, -0.05) is 85.8 Å². The summed E-state index contributed by atoms with van der Waals surface area (Å²) in [6, 6.07) is 27.5. The van der Waals surface area contributed by atoms with Crippen molar-refractivity contribution in [2.24, 2.45) is 0 Å². The molecule has 3 nitrogen and oxygen atoms in total. The highest BCUT2D eigenvalue weighted by atomic mass is 16.4. The quantitative estimate of drug-likeness (QED) is 0.304. The second kappa shape index (κ2) is 8.31. The first-order valence-electron chi connectivity index (χ1n) is 11.0. The van der Waals surface area contributed by atoms with E-state index in [0.717, 1.165) is 25.1 Å². The van der Waals surface area contributed by atoms with E-state index >= 15 is 0 Å². The number of hydrogen-bond acceptors (Lipinski definition) is 3. The van der Waals surface area contributed by atoms with Crippen LogP contribution in [0.5, 0.6) is 0 Å². The Hall–Kier alpha value is -2.92. The molecule has 31 heavy (non-hydrogen) atoms. The van der Waals surface area contributed by atoms with Crippen LogP contribution in [0, 0.1) is 0 Å². The van der Waals surface area contributed by atoms with Crippen LogP contribution in [0.1, 0.15) is 24.5 Å². The van der Waals surface area contributed by atoms with Gasteiger partial charge >= 0.3 is 7.12 Å². The number of rotatable bonds is 7. The number of benzene rings is 5. The molecule has 2 N–H and O–H groups in total. The number of hydrogen-bond donors (Lipinski definition) is 2. The zero-order chi connectivity index (χ0) is 21.4. The Morgan fingerprint density at radius 1 is 0.677 bits per heavy atom. The maximum absolute atomic E-state index is 9.77. The predicted octanol–water partition coefficient (Wildman–Crippen LogP) is 4.68. The maximum atomic E-state index is 9.77. The van der Waals surface area contributed by atoms with Gasteiger partial charge in [-0.25, -0.2) is 0 Å². The summed E-state index contributed by atoms with van der Waals surface area (Å²) in [5.41, 5.74) is 2.85. The molecule has 4 heteroatoms. The first-order chi connectivity index (χ1) is 15.2. The summed E-state index contributed by atoms with van der Waals surface area (Å²) in [4.78, 5) is 2.40. The third-order valence-corrected chi connectivity index (χ3v) is 6.28. The fraction of sp³-hybridized carbons (Fsp3) is 0.185. The van der Waals surface area contributed by atoms with Crippen LogP contribution >= 0.6 is 0 Å². The summed E-state index contributed by atoms with van der Waals surface area (Å²) in [5, 5.41) is 27.4. The molecule has 5 aromatic rings. The summed E-state index contributed by atoms with van der Waals surface area (Å²) in [7, 11) is -1.45. The van der Waals surface area contributed by atoms with Crippen molar-refractivity contribution < 1.29 is 10.0 Å². The average molecular weight is 407 g/mol. The smallest absolute Gasteiger partial charge is 0.423 e. The Morgan fingerprint density at radius 2 is 1.32 bits per heavy atom. The number of nitrogens with zero attached hydrogens (tertiary/aromatic N) is 1. The highest BCUT2D eigenvalue weighted by Gasteiger charge is 2.18. The molecule has 0 saturated heterocycles. The molecular formula is C27H26BNO2. The van der Waals surface area contributed by atoms with E-state index in [1.807, 2.05) is 18.2 Å². The summed E-state index contributed by atoms with van der Waals surface area (Å²) >= 11 is 0. The largest absolute Gasteiger partial charge is 0.488 e. The van der Waals surface area contributed by atoms with Crippen LogP contribution in [0.3, 0.4) is 0 Å². The molecule has 0 radical (unpaired) electrons.